The summed E-state index contributed by atoms with van der Waals surface area (Å²) in [5.74, 6) is -0.702. The highest BCUT2D eigenvalue weighted by molar-refractivity contribution is 6.22. The van der Waals surface area contributed by atoms with Gasteiger partial charge in [0.15, 0.2) is 0 Å². The van der Waals surface area contributed by atoms with Gasteiger partial charge in [0.1, 0.15) is 6.54 Å². The number of carbonyl (C=O) groups is 3. The number of amides is 3. The van der Waals surface area contributed by atoms with Crippen molar-refractivity contribution < 1.29 is 14.4 Å². The van der Waals surface area contributed by atoms with Crippen molar-refractivity contribution in [1.82, 2.24) is 15.1 Å². The Morgan fingerprint density at radius 2 is 1.63 bits per heavy atom. The van der Waals surface area contributed by atoms with Gasteiger partial charge < -0.3 is 10.2 Å². The molecule has 1 fully saturated rings. The second kappa shape index (κ2) is 6.03. The molecule has 136 valence electrons. The number of hydrogen-bond donors (Lipinski definition) is 1. The van der Waals surface area contributed by atoms with Crippen LogP contribution in [0.4, 0.5) is 0 Å². The third kappa shape index (κ3) is 2.48. The summed E-state index contributed by atoms with van der Waals surface area (Å²) in [5, 5.41) is 3.51. The number of hydrogen-bond acceptors (Lipinski definition) is 4. The highest BCUT2D eigenvalue weighted by Crippen LogP contribution is 2.34. The average Bonchev–Trinajstić information content (AvgIpc) is 3.24. The quantitative estimate of drug-likeness (QED) is 0.821. The molecule has 2 aromatic rings. The predicted molar refractivity (Wildman–Crippen MR) is 98.2 cm³/mol. The highest BCUT2D eigenvalue weighted by Gasteiger charge is 2.41. The molecule has 3 aliphatic rings. The van der Waals surface area contributed by atoms with Gasteiger partial charge in [-0.25, -0.2) is 0 Å². The van der Waals surface area contributed by atoms with E-state index in [1.54, 1.807) is 29.2 Å². The van der Waals surface area contributed by atoms with E-state index in [1.165, 1.54) is 11.1 Å². The Bertz CT molecular complexity index is 936. The van der Waals surface area contributed by atoms with Crippen LogP contribution >= 0.6 is 0 Å². The Balaban J connectivity index is 1.32. The van der Waals surface area contributed by atoms with E-state index < -0.39 is 0 Å². The molecule has 0 bridgehead atoms. The van der Waals surface area contributed by atoms with Crippen molar-refractivity contribution in [3.63, 3.8) is 0 Å². The maximum Gasteiger partial charge on any atom is 0.262 e. The number of fused-ring (bicyclic) bond motifs is 4. The molecule has 6 nitrogen and oxygen atoms in total. The smallest absolute Gasteiger partial charge is 0.262 e. The number of nitrogens with one attached hydrogen (secondary N) is 1. The number of rotatable bonds is 2. The van der Waals surface area contributed by atoms with E-state index in [0.717, 1.165) is 11.4 Å². The van der Waals surface area contributed by atoms with Gasteiger partial charge in [0.25, 0.3) is 11.8 Å². The first-order valence-corrected chi connectivity index (χ1v) is 9.17. The zero-order valence-electron chi connectivity index (χ0n) is 14.7. The topological polar surface area (TPSA) is 69.7 Å². The van der Waals surface area contributed by atoms with Gasteiger partial charge in [0, 0.05) is 31.6 Å². The summed E-state index contributed by atoms with van der Waals surface area (Å²) in [7, 11) is 0. The van der Waals surface area contributed by atoms with E-state index in [2.05, 4.69) is 17.4 Å². The van der Waals surface area contributed by atoms with Crippen LogP contribution < -0.4 is 5.32 Å². The minimum Gasteiger partial charge on any atom is -0.339 e. The van der Waals surface area contributed by atoms with E-state index in [0.29, 0.717) is 24.2 Å². The minimum absolute atomic E-state index is 0.182. The van der Waals surface area contributed by atoms with Gasteiger partial charge in [0.2, 0.25) is 5.91 Å². The molecular formula is C21H19N3O3. The molecule has 0 saturated carbocycles. The number of benzene rings is 2. The fraction of sp³-hybridized carbons (Fsp3) is 0.286. The fourth-order valence-electron chi connectivity index (χ4n) is 4.45. The van der Waals surface area contributed by atoms with Gasteiger partial charge >= 0.3 is 0 Å². The van der Waals surface area contributed by atoms with Gasteiger partial charge in [-0.1, -0.05) is 36.4 Å². The first-order valence-electron chi connectivity index (χ1n) is 9.17. The molecule has 3 heterocycles. The van der Waals surface area contributed by atoms with Crippen molar-refractivity contribution in [2.45, 2.75) is 18.5 Å². The Morgan fingerprint density at radius 1 is 0.963 bits per heavy atom. The van der Waals surface area contributed by atoms with Crippen molar-refractivity contribution in [3.8, 4) is 0 Å². The molecular weight excluding hydrogens is 342 g/mol. The lowest BCUT2D eigenvalue weighted by molar-refractivity contribution is -0.130. The molecule has 2 aromatic carbocycles. The van der Waals surface area contributed by atoms with E-state index in [9.17, 15) is 14.4 Å². The maximum atomic E-state index is 12.9. The molecule has 1 N–H and O–H groups in total. The van der Waals surface area contributed by atoms with Crippen molar-refractivity contribution >= 4 is 17.7 Å². The van der Waals surface area contributed by atoms with Crippen molar-refractivity contribution in [1.29, 1.82) is 0 Å². The first-order chi connectivity index (χ1) is 13.1. The largest absolute Gasteiger partial charge is 0.339 e. The van der Waals surface area contributed by atoms with Crippen LogP contribution in [-0.2, 0) is 11.3 Å². The summed E-state index contributed by atoms with van der Waals surface area (Å²) < 4.78 is 0. The molecule has 5 rings (SSSR count). The van der Waals surface area contributed by atoms with Crippen molar-refractivity contribution in [2.75, 3.05) is 19.6 Å². The standard InChI is InChI=1S/C21H19N3O3/c25-19(12-24-20(26)15-7-3-4-8-16(15)21(24)27)23-10-17-14-6-2-1-5-13(14)9-22-18(17)11-23/h1-8,17-18,22H,9-12H2/t17-,18-/m0/s1. The zero-order chi connectivity index (χ0) is 18.5. The van der Waals surface area contributed by atoms with E-state index in [1.807, 2.05) is 12.1 Å². The lowest BCUT2D eigenvalue weighted by atomic mass is 9.87. The number of imide groups is 1. The molecule has 0 spiro atoms. The zero-order valence-corrected chi connectivity index (χ0v) is 14.7. The second-order valence-electron chi connectivity index (χ2n) is 7.33. The molecule has 2 atom stereocenters. The first kappa shape index (κ1) is 16.2. The molecule has 27 heavy (non-hydrogen) atoms. The Hall–Kier alpha value is -2.99. The summed E-state index contributed by atoms with van der Waals surface area (Å²) in [6, 6.07) is 15.2. The summed E-state index contributed by atoms with van der Waals surface area (Å²) in [5.41, 5.74) is 3.31. The Labute approximate surface area is 156 Å². The third-order valence-electron chi connectivity index (χ3n) is 5.85. The fourth-order valence-corrected chi connectivity index (χ4v) is 4.45. The summed E-state index contributed by atoms with van der Waals surface area (Å²) in [6.45, 7) is 1.81. The van der Waals surface area contributed by atoms with E-state index in [4.69, 9.17) is 0 Å². The van der Waals surface area contributed by atoms with Crippen LogP contribution in [0.15, 0.2) is 48.5 Å². The van der Waals surface area contributed by atoms with Crippen LogP contribution in [0.5, 0.6) is 0 Å². The van der Waals surface area contributed by atoms with Crippen LogP contribution in [0.1, 0.15) is 37.8 Å². The molecule has 3 amide bonds. The summed E-state index contributed by atoms with van der Waals surface area (Å²) >= 11 is 0. The van der Waals surface area contributed by atoms with E-state index in [-0.39, 0.29) is 36.2 Å². The van der Waals surface area contributed by atoms with Crippen LogP contribution in [-0.4, -0.2) is 53.2 Å². The van der Waals surface area contributed by atoms with Crippen LogP contribution in [0, 0.1) is 0 Å². The Morgan fingerprint density at radius 3 is 2.37 bits per heavy atom. The number of likely N-dealkylation sites (tertiary alicyclic amines) is 1. The monoisotopic (exact) mass is 361 g/mol. The van der Waals surface area contributed by atoms with Gasteiger partial charge in [-0.15, -0.1) is 0 Å². The minimum atomic E-state index is -0.385. The van der Waals surface area contributed by atoms with Crippen LogP contribution in [0.25, 0.3) is 0 Å². The van der Waals surface area contributed by atoms with Crippen molar-refractivity contribution in [2.24, 2.45) is 0 Å². The number of nitrogens with zero attached hydrogens (tertiary/aromatic N) is 2. The summed E-state index contributed by atoms with van der Waals surface area (Å²) in [4.78, 5) is 40.7. The van der Waals surface area contributed by atoms with E-state index >= 15 is 0 Å². The van der Waals surface area contributed by atoms with Crippen LogP contribution in [0.3, 0.4) is 0 Å². The molecule has 0 radical (unpaired) electrons. The molecule has 3 aliphatic heterocycles. The number of carbonyl (C=O) groups excluding carboxylic acids is 3. The average molecular weight is 361 g/mol. The lowest BCUT2D eigenvalue weighted by Gasteiger charge is -2.28. The third-order valence-corrected chi connectivity index (χ3v) is 5.85. The lowest BCUT2D eigenvalue weighted by Crippen LogP contribution is -2.43. The van der Waals surface area contributed by atoms with Crippen molar-refractivity contribution in [3.05, 3.63) is 70.8 Å². The normalized spacial score (nSPS) is 23.3. The van der Waals surface area contributed by atoms with Crippen LogP contribution in [0.2, 0.25) is 0 Å². The maximum absolute atomic E-state index is 12.9. The van der Waals surface area contributed by atoms with Gasteiger partial charge in [-0.3, -0.25) is 19.3 Å². The SMILES string of the molecule is O=C(CN1C(=O)c2ccccc2C1=O)N1C[C@@H]2NCc3ccccc3[C@@H]2C1. The molecule has 0 aliphatic carbocycles. The second-order valence-corrected chi connectivity index (χ2v) is 7.33. The molecule has 1 saturated heterocycles. The van der Waals surface area contributed by atoms with Gasteiger partial charge in [-0.2, -0.15) is 0 Å². The summed E-state index contributed by atoms with van der Waals surface area (Å²) in [6.07, 6.45) is 0. The molecule has 0 aromatic heterocycles. The molecule has 6 heteroatoms. The van der Waals surface area contributed by atoms with Gasteiger partial charge in [-0.05, 0) is 23.3 Å². The molecule has 0 unspecified atom stereocenters. The highest BCUT2D eigenvalue weighted by atomic mass is 16.2. The Kier molecular flexibility index (Phi) is 3.62. The predicted octanol–water partition coefficient (Wildman–Crippen LogP) is 1.38. The van der Waals surface area contributed by atoms with Gasteiger partial charge in [0.05, 0.1) is 11.1 Å².